The van der Waals surface area contributed by atoms with Crippen LogP contribution in [0.2, 0.25) is 0 Å². The lowest BCUT2D eigenvalue weighted by molar-refractivity contribution is -0.140. The van der Waals surface area contributed by atoms with Crippen molar-refractivity contribution in [3.05, 3.63) is 40.0 Å². The number of hydrogen-bond acceptors (Lipinski definition) is 5. The van der Waals surface area contributed by atoms with Crippen LogP contribution < -0.4 is 15.4 Å². The Morgan fingerprint density at radius 3 is 2.71 bits per heavy atom. The van der Waals surface area contributed by atoms with E-state index in [-0.39, 0.29) is 24.0 Å². The van der Waals surface area contributed by atoms with Gasteiger partial charge in [-0.15, -0.1) is 35.3 Å². The molecule has 2 aromatic heterocycles. The third kappa shape index (κ3) is 8.17. The van der Waals surface area contributed by atoms with Crippen LogP contribution in [0.5, 0.6) is 5.88 Å². The Hall–Kier alpha value is -1.63. The van der Waals surface area contributed by atoms with Crippen LogP contribution in [-0.4, -0.2) is 35.6 Å². The lowest BCUT2D eigenvalue weighted by Crippen LogP contribution is -2.38. The second-order valence-electron chi connectivity index (χ2n) is 5.43. The zero-order valence-electron chi connectivity index (χ0n) is 15.5. The zero-order valence-corrected chi connectivity index (χ0v) is 18.7. The second kappa shape index (κ2) is 12.0. The first-order valence-electron chi connectivity index (χ1n) is 8.53. The van der Waals surface area contributed by atoms with E-state index in [0.29, 0.717) is 49.5 Å². The van der Waals surface area contributed by atoms with Crippen molar-refractivity contribution in [3.8, 4) is 5.88 Å². The number of hydrogen-bond donors (Lipinski definition) is 2. The summed E-state index contributed by atoms with van der Waals surface area (Å²) >= 11 is 1.01. The Morgan fingerprint density at radius 1 is 1.29 bits per heavy atom. The van der Waals surface area contributed by atoms with E-state index < -0.39 is 11.9 Å². The normalized spacial score (nSPS) is 11.7. The van der Waals surface area contributed by atoms with E-state index in [1.807, 2.05) is 26.0 Å². The second-order valence-corrected chi connectivity index (χ2v) is 6.37. The molecule has 0 aliphatic carbocycles. The Kier molecular flexibility index (Phi) is 10.5. The fraction of sp³-hybridized carbons (Fsp3) is 0.471. The summed E-state index contributed by atoms with van der Waals surface area (Å²) in [6.07, 6.45) is -2.35. The minimum absolute atomic E-state index is 0. The number of thiazole rings is 1. The molecule has 0 spiro atoms. The molecule has 2 aromatic rings. The molecule has 156 valence electrons. The molecule has 0 unspecified atom stereocenters. The minimum Gasteiger partial charge on any atom is -0.478 e. The molecule has 6 nitrogen and oxygen atoms in total. The van der Waals surface area contributed by atoms with E-state index >= 15 is 0 Å². The van der Waals surface area contributed by atoms with E-state index in [0.717, 1.165) is 22.3 Å². The smallest absolute Gasteiger partial charge is 0.434 e. The van der Waals surface area contributed by atoms with Gasteiger partial charge in [0.15, 0.2) is 11.7 Å². The molecule has 2 rings (SSSR count). The number of halogens is 4. The van der Waals surface area contributed by atoms with E-state index in [1.54, 1.807) is 6.20 Å². The van der Waals surface area contributed by atoms with Gasteiger partial charge in [-0.3, -0.25) is 0 Å². The number of aliphatic imine (C=N–C) groups is 1. The number of rotatable bonds is 8. The maximum absolute atomic E-state index is 12.6. The van der Waals surface area contributed by atoms with Gasteiger partial charge in [0.1, 0.15) is 0 Å². The molecule has 0 amide bonds. The van der Waals surface area contributed by atoms with Gasteiger partial charge in [0.2, 0.25) is 5.88 Å². The molecule has 0 atom stereocenters. The quantitative estimate of drug-likeness (QED) is 0.309. The highest BCUT2D eigenvalue weighted by molar-refractivity contribution is 14.0. The molecule has 0 radical (unpaired) electrons. The van der Waals surface area contributed by atoms with Gasteiger partial charge in [-0.2, -0.15) is 13.2 Å². The van der Waals surface area contributed by atoms with Gasteiger partial charge in [0, 0.05) is 37.2 Å². The van der Waals surface area contributed by atoms with E-state index in [4.69, 9.17) is 4.74 Å². The molecule has 0 fully saturated rings. The summed E-state index contributed by atoms with van der Waals surface area (Å²) in [5.41, 5.74) is 0.103. The molecule has 0 aliphatic rings. The molecule has 0 aliphatic heterocycles. The van der Waals surface area contributed by atoms with Gasteiger partial charge >= 0.3 is 6.18 Å². The van der Waals surface area contributed by atoms with Gasteiger partial charge < -0.3 is 15.4 Å². The molecule has 0 aromatic carbocycles. The topological polar surface area (TPSA) is 71.4 Å². The molecule has 11 heteroatoms. The molecular formula is C17H23F3IN5OS. The van der Waals surface area contributed by atoms with Gasteiger partial charge in [0.25, 0.3) is 0 Å². The van der Waals surface area contributed by atoms with Crippen molar-refractivity contribution in [2.24, 2.45) is 4.99 Å². The van der Waals surface area contributed by atoms with Crippen LogP contribution in [0.1, 0.15) is 30.1 Å². The van der Waals surface area contributed by atoms with E-state index in [9.17, 15) is 13.2 Å². The van der Waals surface area contributed by atoms with E-state index in [1.165, 1.54) is 0 Å². The zero-order chi connectivity index (χ0) is 19.7. The van der Waals surface area contributed by atoms with Crippen molar-refractivity contribution in [3.63, 3.8) is 0 Å². The molecule has 0 saturated heterocycles. The Balaban J connectivity index is 0.00000392. The number of ether oxygens (including phenoxy) is 1. The molecule has 2 N–H and O–H groups in total. The van der Waals surface area contributed by atoms with Crippen LogP contribution >= 0.6 is 35.3 Å². The highest BCUT2D eigenvalue weighted by atomic mass is 127. The Morgan fingerprint density at radius 2 is 2.07 bits per heavy atom. The highest BCUT2D eigenvalue weighted by Gasteiger charge is 2.33. The number of aromatic nitrogens is 2. The van der Waals surface area contributed by atoms with Crippen LogP contribution in [0.25, 0.3) is 0 Å². The van der Waals surface area contributed by atoms with Crippen LogP contribution in [0.3, 0.4) is 0 Å². The third-order valence-electron chi connectivity index (χ3n) is 3.33. The molecule has 2 heterocycles. The highest BCUT2D eigenvalue weighted by Crippen LogP contribution is 2.29. The number of guanidine groups is 1. The van der Waals surface area contributed by atoms with Crippen molar-refractivity contribution < 1.29 is 17.9 Å². The number of pyridine rings is 1. The van der Waals surface area contributed by atoms with Crippen LogP contribution in [-0.2, 0) is 19.1 Å². The number of nitrogens with zero attached hydrogens (tertiary/aromatic N) is 3. The lowest BCUT2D eigenvalue weighted by atomic mass is 10.3. The van der Waals surface area contributed by atoms with Crippen molar-refractivity contribution >= 4 is 41.3 Å². The number of alkyl halides is 3. The van der Waals surface area contributed by atoms with Crippen molar-refractivity contribution in [1.29, 1.82) is 0 Å². The van der Waals surface area contributed by atoms with Crippen LogP contribution in [0.15, 0.2) is 28.7 Å². The molecule has 0 saturated carbocycles. The summed E-state index contributed by atoms with van der Waals surface area (Å²) in [5.74, 6) is 1.13. The third-order valence-corrected chi connectivity index (χ3v) is 4.24. The fourth-order valence-electron chi connectivity index (χ4n) is 2.13. The Labute approximate surface area is 183 Å². The Bertz CT molecular complexity index is 754. The monoisotopic (exact) mass is 529 g/mol. The predicted molar refractivity (Wildman–Crippen MR) is 114 cm³/mol. The van der Waals surface area contributed by atoms with Crippen molar-refractivity contribution in [2.45, 2.75) is 33.0 Å². The SMILES string of the molecule is CCNC(=NCc1ccnc(OCC)c1)NCCc1nc(C(F)(F)F)cs1.I. The summed E-state index contributed by atoms with van der Waals surface area (Å²) in [6.45, 7) is 5.89. The van der Waals surface area contributed by atoms with Crippen molar-refractivity contribution in [2.75, 3.05) is 19.7 Å². The van der Waals surface area contributed by atoms with Gasteiger partial charge in [-0.1, -0.05) is 0 Å². The standard InChI is InChI=1S/C17H22F3N5OS.HI/c1-3-21-16(24-10-12-5-7-22-14(9-12)26-4-2)23-8-6-15-25-13(11-27-15)17(18,19)20;/h5,7,9,11H,3-4,6,8,10H2,1-2H3,(H2,21,23,24);1H. The number of nitrogens with one attached hydrogen (secondary N) is 2. The lowest BCUT2D eigenvalue weighted by Gasteiger charge is -2.11. The maximum Gasteiger partial charge on any atom is 0.434 e. The first kappa shape index (κ1) is 24.4. The molecular weight excluding hydrogens is 506 g/mol. The first-order chi connectivity index (χ1) is 12.9. The van der Waals surface area contributed by atoms with E-state index in [2.05, 4.69) is 25.6 Å². The average Bonchev–Trinajstić information content (AvgIpc) is 3.10. The first-order valence-corrected chi connectivity index (χ1v) is 9.41. The predicted octanol–water partition coefficient (Wildman–Crippen LogP) is 3.87. The van der Waals surface area contributed by atoms with Crippen molar-refractivity contribution in [1.82, 2.24) is 20.6 Å². The summed E-state index contributed by atoms with van der Waals surface area (Å²) in [5, 5.41) is 7.68. The molecule has 28 heavy (non-hydrogen) atoms. The van der Waals surface area contributed by atoms with Gasteiger partial charge in [0.05, 0.1) is 18.2 Å². The maximum atomic E-state index is 12.6. The van der Waals surface area contributed by atoms with Gasteiger partial charge in [-0.05, 0) is 25.5 Å². The summed E-state index contributed by atoms with van der Waals surface area (Å²) in [7, 11) is 0. The largest absolute Gasteiger partial charge is 0.478 e. The minimum atomic E-state index is -4.40. The van der Waals surface area contributed by atoms with Crippen LogP contribution in [0.4, 0.5) is 13.2 Å². The summed E-state index contributed by atoms with van der Waals surface area (Å²) < 4.78 is 43.1. The fourth-order valence-corrected chi connectivity index (χ4v) is 2.94. The average molecular weight is 529 g/mol. The van der Waals surface area contributed by atoms with Crippen LogP contribution in [0, 0.1) is 0 Å². The summed E-state index contributed by atoms with van der Waals surface area (Å²) in [6, 6.07) is 3.68. The summed E-state index contributed by atoms with van der Waals surface area (Å²) in [4.78, 5) is 12.2. The molecule has 0 bridgehead atoms. The van der Waals surface area contributed by atoms with Gasteiger partial charge in [-0.25, -0.2) is 15.0 Å².